The Bertz CT molecular complexity index is 349. The van der Waals surface area contributed by atoms with E-state index in [9.17, 15) is 0 Å². The Kier molecular flexibility index (Phi) is 2.64. The van der Waals surface area contributed by atoms with Gasteiger partial charge >= 0.3 is 0 Å². The molecule has 3 N–H and O–H groups in total. The van der Waals surface area contributed by atoms with Crippen LogP contribution in [-0.4, -0.2) is 15.4 Å². The molecule has 0 saturated heterocycles. The molecule has 0 fully saturated rings. The van der Waals surface area contributed by atoms with Gasteiger partial charge in [-0.15, -0.1) is 0 Å². The molecule has 0 spiro atoms. The summed E-state index contributed by atoms with van der Waals surface area (Å²) in [5.74, 6) is 0.211. The molecule has 14 heavy (non-hydrogen) atoms. The van der Waals surface area contributed by atoms with Crippen molar-refractivity contribution in [2.45, 2.75) is 34.2 Å². The first-order valence-corrected chi connectivity index (χ1v) is 4.67. The van der Waals surface area contributed by atoms with E-state index >= 15 is 0 Å². The van der Waals surface area contributed by atoms with Crippen LogP contribution in [0.5, 0.6) is 0 Å². The number of aromatic nitrogens is 2. The standard InChI is InChI=1S/C10H18N4/c1-7-8(2)14(6-13-7)5-10(3,4)9(11)12/h6H,5H2,1-4H3,(H3,11,12). The Hall–Kier alpha value is -1.32. The van der Waals surface area contributed by atoms with E-state index in [0.717, 1.165) is 11.4 Å². The molecule has 4 heteroatoms. The molecule has 4 nitrogen and oxygen atoms in total. The van der Waals surface area contributed by atoms with Gasteiger partial charge in [-0.05, 0) is 13.8 Å². The third kappa shape index (κ3) is 1.95. The highest BCUT2D eigenvalue weighted by Crippen LogP contribution is 2.19. The highest BCUT2D eigenvalue weighted by molar-refractivity contribution is 5.82. The summed E-state index contributed by atoms with van der Waals surface area (Å²) in [6.45, 7) is 8.63. The van der Waals surface area contributed by atoms with Crippen molar-refractivity contribution in [3.05, 3.63) is 17.7 Å². The van der Waals surface area contributed by atoms with E-state index in [4.69, 9.17) is 11.1 Å². The number of hydrogen-bond donors (Lipinski definition) is 2. The highest BCUT2D eigenvalue weighted by Gasteiger charge is 2.23. The summed E-state index contributed by atoms with van der Waals surface area (Å²) >= 11 is 0. The van der Waals surface area contributed by atoms with Gasteiger partial charge in [0.05, 0.1) is 17.9 Å². The Morgan fingerprint density at radius 3 is 2.50 bits per heavy atom. The lowest BCUT2D eigenvalue weighted by Gasteiger charge is -2.24. The summed E-state index contributed by atoms with van der Waals surface area (Å²) in [6.07, 6.45) is 1.80. The van der Waals surface area contributed by atoms with Crippen LogP contribution in [0.15, 0.2) is 6.33 Å². The first kappa shape index (κ1) is 10.8. The average molecular weight is 194 g/mol. The predicted molar refractivity (Wildman–Crippen MR) is 57.4 cm³/mol. The summed E-state index contributed by atoms with van der Waals surface area (Å²) in [5.41, 5.74) is 7.39. The van der Waals surface area contributed by atoms with E-state index in [2.05, 4.69) is 4.98 Å². The minimum atomic E-state index is -0.308. The fourth-order valence-corrected chi connectivity index (χ4v) is 1.21. The third-order valence-corrected chi connectivity index (χ3v) is 2.64. The van der Waals surface area contributed by atoms with Crippen LogP contribution in [0.4, 0.5) is 0 Å². The zero-order chi connectivity index (χ0) is 10.9. The molecule has 1 heterocycles. The van der Waals surface area contributed by atoms with Gasteiger partial charge in [-0.2, -0.15) is 0 Å². The number of amidine groups is 1. The molecule has 0 atom stereocenters. The fourth-order valence-electron chi connectivity index (χ4n) is 1.21. The second-order valence-corrected chi connectivity index (χ2v) is 4.34. The van der Waals surface area contributed by atoms with E-state index in [1.54, 1.807) is 6.33 Å². The zero-order valence-electron chi connectivity index (χ0n) is 9.26. The number of nitrogens with zero attached hydrogens (tertiary/aromatic N) is 2. The molecule has 0 bridgehead atoms. The van der Waals surface area contributed by atoms with Gasteiger partial charge in [-0.3, -0.25) is 5.41 Å². The summed E-state index contributed by atoms with van der Waals surface area (Å²) < 4.78 is 2.04. The molecule has 0 aliphatic heterocycles. The molecule has 0 aliphatic rings. The van der Waals surface area contributed by atoms with E-state index < -0.39 is 0 Å². The smallest absolute Gasteiger partial charge is 0.0981 e. The van der Waals surface area contributed by atoms with Crippen LogP contribution in [0.2, 0.25) is 0 Å². The maximum atomic E-state index is 7.47. The monoisotopic (exact) mass is 194 g/mol. The zero-order valence-corrected chi connectivity index (χ0v) is 9.26. The van der Waals surface area contributed by atoms with Crippen molar-refractivity contribution >= 4 is 5.84 Å². The van der Waals surface area contributed by atoms with Crippen molar-refractivity contribution in [1.29, 1.82) is 5.41 Å². The number of aryl methyl sites for hydroxylation is 1. The summed E-state index contributed by atoms with van der Waals surface area (Å²) in [7, 11) is 0. The van der Waals surface area contributed by atoms with Crippen molar-refractivity contribution in [3.63, 3.8) is 0 Å². The van der Waals surface area contributed by atoms with Crippen molar-refractivity contribution in [3.8, 4) is 0 Å². The SMILES string of the molecule is Cc1ncn(CC(C)(C)C(=N)N)c1C. The van der Waals surface area contributed by atoms with Gasteiger partial charge in [0.15, 0.2) is 0 Å². The first-order valence-electron chi connectivity index (χ1n) is 4.67. The Morgan fingerprint density at radius 2 is 2.14 bits per heavy atom. The maximum Gasteiger partial charge on any atom is 0.0981 e. The molecule has 1 aromatic rings. The maximum absolute atomic E-state index is 7.47. The van der Waals surface area contributed by atoms with Crippen molar-refractivity contribution < 1.29 is 0 Å². The number of nitrogens with one attached hydrogen (secondary N) is 1. The van der Waals surface area contributed by atoms with Crippen molar-refractivity contribution in [1.82, 2.24) is 9.55 Å². The lowest BCUT2D eigenvalue weighted by Crippen LogP contribution is -2.34. The molecule has 78 valence electrons. The Morgan fingerprint density at radius 1 is 1.57 bits per heavy atom. The summed E-state index contributed by atoms with van der Waals surface area (Å²) in [5, 5.41) is 7.47. The minimum absolute atomic E-state index is 0.211. The second kappa shape index (κ2) is 3.44. The van der Waals surface area contributed by atoms with Gasteiger partial charge in [0, 0.05) is 17.7 Å². The molecule has 0 aromatic carbocycles. The van der Waals surface area contributed by atoms with Crippen LogP contribution in [0.1, 0.15) is 25.2 Å². The summed E-state index contributed by atoms with van der Waals surface area (Å²) in [4.78, 5) is 4.21. The van der Waals surface area contributed by atoms with E-state index in [1.807, 2.05) is 32.3 Å². The molecule has 0 unspecified atom stereocenters. The fraction of sp³-hybridized carbons (Fsp3) is 0.600. The topological polar surface area (TPSA) is 67.7 Å². The van der Waals surface area contributed by atoms with Gasteiger partial charge in [-0.25, -0.2) is 4.98 Å². The normalized spacial score (nSPS) is 11.7. The number of imidazole rings is 1. The van der Waals surface area contributed by atoms with Gasteiger partial charge < -0.3 is 10.3 Å². The third-order valence-electron chi connectivity index (χ3n) is 2.64. The van der Waals surface area contributed by atoms with Gasteiger partial charge in [0.25, 0.3) is 0 Å². The molecular formula is C10H18N4. The Labute approximate surface area is 84.7 Å². The van der Waals surface area contributed by atoms with Crippen molar-refractivity contribution in [2.75, 3.05) is 0 Å². The van der Waals surface area contributed by atoms with Crippen molar-refractivity contribution in [2.24, 2.45) is 11.1 Å². The second-order valence-electron chi connectivity index (χ2n) is 4.34. The largest absolute Gasteiger partial charge is 0.387 e. The number of hydrogen-bond acceptors (Lipinski definition) is 2. The van der Waals surface area contributed by atoms with Crippen LogP contribution in [0.25, 0.3) is 0 Å². The van der Waals surface area contributed by atoms with Gasteiger partial charge in [-0.1, -0.05) is 13.8 Å². The first-order chi connectivity index (χ1) is 6.34. The molecule has 0 amide bonds. The van der Waals surface area contributed by atoms with Crippen LogP contribution < -0.4 is 5.73 Å². The minimum Gasteiger partial charge on any atom is -0.387 e. The van der Waals surface area contributed by atoms with Crippen LogP contribution in [0, 0.1) is 24.7 Å². The quantitative estimate of drug-likeness (QED) is 0.565. The molecule has 1 aromatic heterocycles. The average Bonchev–Trinajstić information content (AvgIpc) is 2.35. The molecular weight excluding hydrogens is 176 g/mol. The molecule has 0 aliphatic carbocycles. The molecule has 0 radical (unpaired) electrons. The van der Waals surface area contributed by atoms with Crippen LogP contribution >= 0.6 is 0 Å². The van der Waals surface area contributed by atoms with E-state index in [-0.39, 0.29) is 11.3 Å². The molecule has 1 rings (SSSR count). The van der Waals surface area contributed by atoms with E-state index in [1.165, 1.54) is 0 Å². The Balaban J connectivity index is 2.89. The van der Waals surface area contributed by atoms with Gasteiger partial charge in [0.2, 0.25) is 0 Å². The van der Waals surface area contributed by atoms with Crippen LogP contribution in [-0.2, 0) is 6.54 Å². The predicted octanol–water partition coefficient (Wildman–Crippen LogP) is 1.46. The van der Waals surface area contributed by atoms with Crippen LogP contribution in [0.3, 0.4) is 0 Å². The lowest BCUT2D eigenvalue weighted by atomic mass is 9.92. The number of nitrogens with two attached hydrogens (primary N) is 1. The molecule has 0 saturated carbocycles. The highest BCUT2D eigenvalue weighted by atomic mass is 15.1. The lowest BCUT2D eigenvalue weighted by molar-refractivity contribution is 0.419. The van der Waals surface area contributed by atoms with E-state index in [0.29, 0.717) is 6.54 Å². The number of rotatable bonds is 3. The summed E-state index contributed by atoms with van der Waals surface area (Å²) in [6, 6.07) is 0. The van der Waals surface area contributed by atoms with Gasteiger partial charge in [0.1, 0.15) is 0 Å².